The van der Waals surface area contributed by atoms with Crippen molar-refractivity contribution >= 4 is 23.5 Å². The zero-order chi connectivity index (χ0) is 28.1. The molecule has 3 N–H and O–H groups in total. The van der Waals surface area contributed by atoms with E-state index in [-0.39, 0.29) is 31.0 Å². The molecule has 0 aliphatic carbocycles. The summed E-state index contributed by atoms with van der Waals surface area (Å²) in [7, 11) is 1.40. The Morgan fingerprint density at radius 3 is 2.26 bits per heavy atom. The summed E-state index contributed by atoms with van der Waals surface area (Å²) in [6.07, 6.45) is 2.04. The van der Waals surface area contributed by atoms with E-state index < -0.39 is 35.5 Å². The average molecular weight is 528 g/mol. The van der Waals surface area contributed by atoms with Gasteiger partial charge in [-0.25, -0.2) is 4.39 Å². The molecule has 0 saturated heterocycles. The Bertz CT molecular complexity index is 1090. The monoisotopic (exact) mass is 527 g/mol. The maximum Gasteiger partial charge on any atom is 0.289 e. The van der Waals surface area contributed by atoms with Crippen LogP contribution in [0.1, 0.15) is 57.6 Å². The first-order valence-corrected chi connectivity index (χ1v) is 12.9. The van der Waals surface area contributed by atoms with Crippen LogP contribution in [0.3, 0.4) is 0 Å². The number of nitrogens with one attached hydrogen (secondary N) is 3. The second-order valence-corrected chi connectivity index (χ2v) is 9.59. The molecule has 0 aliphatic heterocycles. The second-order valence-electron chi connectivity index (χ2n) is 9.59. The van der Waals surface area contributed by atoms with E-state index in [2.05, 4.69) is 16.0 Å². The van der Waals surface area contributed by atoms with Gasteiger partial charge in [0.1, 0.15) is 17.6 Å². The van der Waals surface area contributed by atoms with Crippen molar-refractivity contribution in [3.8, 4) is 5.75 Å². The van der Waals surface area contributed by atoms with Gasteiger partial charge in [-0.05, 0) is 54.9 Å². The number of methoxy groups -OCH3 is 1. The number of ketones is 1. The molecule has 0 spiro atoms. The van der Waals surface area contributed by atoms with E-state index in [9.17, 15) is 23.6 Å². The highest BCUT2D eigenvalue weighted by molar-refractivity contribution is 6.38. The van der Waals surface area contributed by atoms with Crippen LogP contribution >= 0.6 is 0 Å². The number of carbonyl (C=O) groups excluding carboxylic acids is 4. The Morgan fingerprint density at radius 2 is 1.63 bits per heavy atom. The zero-order valence-corrected chi connectivity index (χ0v) is 22.5. The van der Waals surface area contributed by atoms with E-state index in [1.54, 1.807) is 13.0 Å². The van der Waals surface area contributed by atoms with Gasteiger partial charge in [0.05, 0.1) is 13.2 Å². The summed E-state index contributed by atoms with van der Waals surface area (Å²) in [5.41, 5.74) is 1.44. The van der Waals surface area contributed by atoms with Crippen molar-refractivity contribution in [3.63, 3.8) is 0 Å². The van der Waals surface area contributed by atoms with Crippen molar-refractivity contribution in [2.45, 2.75) is 71.5 Å². The van der Waals surface area contributed by atoms with Crippen LogP contribution in [0.5, 0.6) is 5.75 Å². The number of hydrogen-bond donors (Lipinski definition) is 3. The summed E-state index contributed by atoms with van der Waals surface area (Å²) in [5, 5.41) is 7.89. The smallest absolute Gasteiger partial charge is 0.289 e. The number of ether oxygens (including phenoxy) is 1. The number of aryl methyl sites for hydroxylation is 1. The van der Waals surface area contributed by atoms with Crippen LogP contribution in [0.15, 0.2) is 48.5 Å². The predicted octanol–water partition coefficient (Wildman–Crippen LogP) is 3.47. The van der Waals surface area contributed by atoms with Crippen molar-refractivity contribution in [3.05, 3.63) is 65.5 Å². The summed E-state index contributed by atoms with van der Waals surface area (Å²) >= 11 is 0. The number of amides is 3. The lowest BCUT2D eigenvalue weighted by molar-refractivity contribution is -0.140. The van der Waals surface area contributed by atoms with E-state index in [1.807, 2.05) is 44.2 Å². The minimum atomic E-state index is -1.06. The Morgan fingerprint density at radius 1 is 0.921 bits per heavy atom. The van der Waals surface area contributed by atoms with Crippen LogP contribution < -0.4 is 20.7 Å². The van der Waals surface area contributed by atoms with Crippen molar-refractivity contribution in [1.82, 2.24) is 16.0 Å². The van der Waals surface area contributed by atoms with Crippen LogP contribution in [-0.2, 0) is 32.1 Å². The van der Waals surface area contributed by atoms with E-state index in [0.717, 1.165) is 5.56 Å². The lowest BCUT2D eigenvalue weighted by Gasteiger charge is -2.22. The maximum atomic E-state index is 13.7. The molecular weight excluding hydrogens is 489 g/mol. The van der Waals surface area contributed by atoms with Crippen molar-refractivity contribution in [1.29, 1.82) is 0 Å². The van der Waals surface area contributed by atoms with E-state index in [0.29, 0.717) is 30.7 Å². The highest BCUT2D eigenvalue weighted by atomic mass is 19.1. The Balaban J connectivity index is 1.98. The fourth-order valence-electron chi connectivity index (χ4n) is 3.83. The molecule has 3 amide bonds. The molecule has 8 nitrogen and oxygen atoms in total. The maximum absolute atomic E-state index is 13.7. The van der Waals surface area contributed by atoms with Crippen LogP contribution in [-0.4, -0.2) is 42.7 Å². The zero-order valence-electron chi connectivity index (χ0n) is 22.5. The van der Waals surface area contributed by atoms with Crippen LogP contribution in [0, 0.1) is 11.7 Å². The summed E-state index contributed by atoms with van der Waals surface area (Å²) < 4.78 is 18.7. The third-order valence-corrected chi connectivity index (χ3v) is 6.05. The molecule has 9 heteroatoms. The van der Waals surface area contributed by atoms with Gasteiger partial charge >= 0.3 is 0 Å². The molecule has 2 atom stereocenters. The van der Waals surface area contributed by atoms with Crippen LogP contribution in [0.4, 0.5) is 4.39 Å². The van der Waals surface area contributed by atoms with E-state index >= 15 is 0 Å². The van der Waals surface area contributed by atoms with E-state index in [1.165, 1.54) is 19.2 Å². The van der Waals surface area contributed by atoms with Gasteiger partial charge in [0.2, 0.25) is 17.6 Å². The molecule has 38 heavy (non-hydrogen) atoms. The molecule has 0 saturated carbocycles. The summed E-state index contributed by atoms with van der Waals surface area (Å²) in [4.78, 5) is 51.0. The Kier molecular flexibility index (Phi) is 12.4. The summed E-state index contributed by atoms with van der Waals surface area (Å²) in [6, 6.07) is 11.7. The molecule has 0 heterocycles. The van der Waals surface area contributed by atoms with Crippen molar-refractivity contribution in [2.24, 2.45) is 5.92 Å². The SMILES string of the molecule is CCC(NC(=O)[C@H](CCC(C)C)NC(=O)CCc1ccccc1)C(=O)C(=O)NCc1cc(F)cc(OC)c1. The predicted molar refractivity (Wildman–Crippen MR) is 143 cm³/mol. The van der Waals surface area contributed by atoms with Crippen molar-refractivity contribution in [2.75, 3.05) is 7.11 Å². The van der Waals surface area contributed by atoms with Crippen LogP contribution in [0.2, 0.25) is 0 Å². The molecule has 2 aromatic rings. The Labute approximate surface area is 223 Å². The lowest BCUT2D eigenvalue weighted by Crippen LogP contribution is -2.53. The third-order valence-electron chi connectivity index (χ3n) is 6.05. The molecule has 2 aromatic carbocycles. The fraction of sp³-hybridized carbons (Fsp3) is 0.448. The molecular formula is C29H38FN3O5. The first kappa shape index (κ1) is 30.5. The fourth-order valence-corrected chi connectivity index (χ4v) is 3.83. The van der Waals surface area contributed by atoms with Gasteiger partial charge in [0.15, 0.2) is 0 Å². The minimum absolute atomic E-state index is 0.0858. The Hall–Kier alpha value is -3.75. The number of benzene rings is 2. The van der Waals surface area contributed by atoms with Gasteiger partial charge in [0, 0.05) is 19.0 Å². The second kappa shape index (κ2) is 15.5. The number of rotatable bonds is 15. The lowest BCUT2D eigenvalue weighted by atomic mass is 10.0. The number of carbonyl (C=O) groups is 4. The van der Waals surface area contributed by atoms with Gasteiger partial charge in [-0.15, -0.1) is 0 Å². The largest absolute Gasteiger partial charge is 0.497 e. The average Bonchev–Trinajstić information content (AvgIpc) is 2.91. The highest BCUT2D eigenvalue weighted by Gasteiger charge is 2.29. The quantitative estimate of drug-likeness (QED) is 0.307. The standard InChI is InChI=1S/C29H38FN3O5/c1-5-24(27(35)29(37)31-18-21-15-22(30)17-23(16-21)38-4)33-28(36)25(13-11-19(2)3)32-26(34)14-12-20-9-7-6-8-10-20/h6-10,15-17,19,24-25H,5,11-14,18H2,1-4H3,(H,31,37)(H,32,34)(H,33,36)/t24?,25-/m0/s1. The first-order chi connectivity index (χ1) is 18.1. The van der Waals surface area contributed by atoms with Gasteiger partial charge in [-0.3, -0.25) is 19.2 Å². The number of halogens is 1. The van der Waals surface area contributed by atoms with Crippen LogP contribution in [0.25, 0.3) is 0 Å². The molecule has 2 rings (SSSR count). The molecule has 206 valence electrons. The molecule has 0 bridgehead atoms. The number of Topliss-reactive ketones (excluding diaryl/α,β-unsaturated/α-hetero) is 1. The highest BCUT2D eigenvalue weighted by Crippen LogP contribution is 2.16. The first-order valence-electron chi connectivity index (χ1n) is 12.9. The summed E-state index contributed by atoms with van der Waals surface area (Å²) in [5.74, 6) is -2.42. The van der Waals surface area contributed by atoms with Gasteiger partial charge in [-0.2, -0.15) is 0 Å². The third kappa shape index (κ3) is 10.3. The normalized spacial score (nSPS) is 12.4. The topological polar surface area (TPSA) is 114 Å². The molecule has 0 radical (unpaired) electrons. The molecule has 0 fully saturated rings. The van der Waals surface area contributed by atoms with E-state index in [4.69, 9.17) is 4.74 Å². The molecule has 0 aliphatic rings. The minimum Gasteiger partial charge on any atom is -0.497 e. The van der Waals surface area contributed by atoms with Crippen molar-refractivity contribution < 1.29 is 28.3 Å². The van der Waals surface area contributed by atoms with Gasteiger partial charge in [-0.1, -0.05) is 51.1 Å². The van der Waals surface area contributed by atoms with Gasteiger partial charge in [0.25, 0.3) is 5.91 Å². The van der Waals surface area contributed by atoms with Gasteiger partial charge < -0.3 is 20.7 Å². The number of hydrogen-bond acceptors (Lipinski definition) is 5. The summed E-state index contributed by atoms with van der Waals surface area (Å²) in [6.45, 7) is 5.62. The molecule has 0 aromatic heterocycles. The molecule has 1 unspecified atom stereocenters.